The fourth-order valence-electron chi connectivity index (χ4n) is 1.52. The van der Waals surface area contributed by atoms with Crippen molar-refractivity contribution in [3.63, 3.8) is 0 Å². The molecule has 82 valence electrons. The van der Waals surface area contributed by atoms with Gasteiger partial charge in [0.25, 0.3) is 0 Å². The summed E-state index contributed by atoms with van der Waals surface area (Å²) in [6.45, 7) is 5.53. The van der Waals surface area contributed by atoms with Gasteiger partial charge < -0.3 is 15.0 Å². The van der Waals surface area contributed by atoms with E-state index in [1.165, 1.54) is 0 Å². The summed E-state index contributed by atoms with van der Waals surface area (Å²) < 4.78 is 5.10. The number of carbonyl (C=O) groups excluding carboxylic acids is 1. The Morgan fingerprint density at radius 2 is 2.14 bits per heavy atom. The van der Waals surface area contributed by atoms with Gasteiger partial charge in [-0.15, -0.1) is 0 Å². The van der Waals surface area contributed by atoms with E-state index in [-0.39, 0.29) is 12.0 Å². The minimum absolute atomic E-state index is 0.182. The number of ether oxygens (including phenoxy) is 1. The normalized spacial score (nSPS) is 19.4. The first-order valence-electron chi connectivity index (χ1n) is 5.25. The largest absolute Gasteiger partial charge is 0.382 e. The lowest BCUT2D eigenvalue weighted by molar-refractivity contribution is -0.132. The highest BCUT2D eigenvalue weighted by atomic mass is 16.5. The van der Waals surface area contributed by atoms with Crippen LogP contribution in [0, 0.1) is 0 Å². The quantitative estimate of drug-likeness (QED) is 0.706. The Balaban J connectivity index is 2.19. The Morgan fingerprint density at radius 3 is 2.71 bits per heavy atom. The molecule has 0 aromatic rings. The molecule has 1 atom stereocenters. The topological polar surface area (TPSA) is 41.6 Å². The van der Waals surface area contributed by atoms with Crippen LogP contribution < -0.4 is 5.32 Å². The summed E-state index contributed by atoms with van der Waals surface area (Å²) in [6, 6.07) is 0. The standard InChI is InChI=1S/C10H20N2O2/c1-9(14-2)3-4-10(13)12-7-5-11-6-8-12/h9,11H,3-8H2,1-2H3. The van der Waals surface area contributed by atoms with Crippen LogP contribution in [0.5, 0.6) is 0 Å². The second-order valence-corrected chi connectivity index (χ2v) is 3.72. The summed E-state index contributed by atoms with van der Waals surface area (Å²) in [7, 11) is 1.68. The number of hydrogen-bond acceptors (Lipinski definition) is 3. The van der Waals surface area contributed by atoms with Crippen molar-refractivity contribution >= 4 is 5.91 Å². The highest BCUT2D eigenvalue weighted by molar-refractivity contribution is 5.76. The van der Waals surface area contributed by atoms with Crippen LogP contribution in [0.15, 0.2) is 0 Å². The van der Waals surface area contributed by atoms with Gasteiger partial charge in [-0.25, -0.2) is 0 Å². The van der Waals surface area contributed by atoms with E-state index in [1.54, 1.807) is 7.11 Å². The maximum atomic E-state index is 11.7. The summed E-state index contributed by atoms with van der Waals surface area (Å²) in [4.78, 5) is 13.6. The van der Waals surface area contributed by atoms with Crippen LogP contribution in [-0.2, 0) is 9.53 Å². The molecule has 0 aromatic heterocycles. The number of amides is 1. The molecule has 14 heavy (non-hydrogen) atoms. The Bertz CT molecular complexity index is 179. The Hall–Kier alpha value is -0.610. The number of methoxy groups -OCH3 is 1. The molecule has 0 bridgehead atoms. The van der Waals surface area contributed by atoms with E-state index in [4.69, 9.17) is 4.74 Å². The zero-order valence-corrected chi connectivity index (χ0v) is 9.08. The van der Waals surface area contributed by atoms with Crippen LogP contribution in [0.4, 0.5) is 0 Å². The van der Waals surface area contributed by atoms with E-state index in [2.05, 4.69) is 5.32 Å². The fourth-order valence-corrected chi connectivity index (χ4v) is 1.52. The Kier molecular flexibility index (Phi) is 4.90. The van der Waals surface area contributed by atoms with Gasteiger partial charge in [0, 0.05) is 39.7 Å². The van der Waals surface area contributed by atoms with E-state index in [1.807, 2.05) is 11.8 Å². The predicted molar refractivity (Wildman–Crippen MR) is 55.2 cm³/mol. The first kappa shape index (κ1) is 11.5. The van der Waals surface area contributed by atoms with Crippen molar-refractivity contribution in [2.24, 2.45) is 0 Å². The van der Waals surface area contributed by atoms with E-state index in [0.29, 0.717) is 6.42 Å². The zero-order chi connectivity index (χ0) is 10.4. The van der Waals surface area contributed by atoms with Crippen molar-refractivity contribution in [2.75, 3.05) is 33.3 Å². The van der Waals surface area contributed by atoms with Gasteiger partial charge >= 0.3 is 0 Å². The summed E-state index contributed by atoms with van der Waals surface area (Å²) in [5.74, 6) is 0.260. The molecule has 1 rings (SSSR count). The third kappa shape index (κ3) is 3.64. The first-order chi connectivity index (χ1) is 6.74. The molecule has 0 aliphatic carbocycles. The van der Waals surface area contributed by atoms with Crippen molar-refractivity contribution < 1.29 is 9.53 Å². The number of piperazine rings is 1. The zero-order valence-electron chi connectivity index (χ0n) is 9.08. The second kappa shape index (κ2) is 5.98. The Morgan fingerprint density at radius 1 is 1.50 bits per heavy atom. The second-order valence-electron chi connectivity index (χ2n) is 3.72. The number of hydrogen-bond donors (Lipinski definition) is 1. The SMILES string of the molecule is COC(C)CCC(=O)N1CCNCC1. The van der Waals surface area contributed by atoms with Crippen LogP contribution >= 0.6 is 0 Å². The maximum Gasteiger partial charge on any atom is 0.222 e. The van der Waals surface area contributed by atoms with Crippen molar-refractivity contribution in [2.45, 2.75) is 25.9 Å². The number of nitrogens with zero attached hydrogens (tertiary/aromatic N) is 1. The summed E-state index contributed by atoms with van der Waals surface area (Å²) in [5.41, 5.74) is 0. The van der Waals surface area contributed by atoms with Gasteiger partial charge in [0.2, 0.25) is 5.91 Å². The molecule has 1 heterocycles. The molecule has 1 N–H and O–H groups in total. The van der Waals surface area contributed by atoms with E-state index < -0.39 is 0 Å². The summed E-state index contributed by atoms with van der Waals surface area (Å²) in [5, 5.41) is 3.23. The number of carbonyl (C=O) groups is 1. The van der Waals surface area contributed by atoms with Crippen LogP contribution in [0.1, 0.15) is 19.8 Å². The van der Waals surface area contributed by atoms with Crippen molar-refractivity contribution in [1.29, 1.82) is 0 Å². The molecule has 0 radical (unpaired) electrons. The van der Waals surface area contributed by atoms with Gasteiger partial charge in [0.15, 0.2) is 0 Å². The molecule has 4 nitrogen and oxygen atoms in total. The van der Waals surface area contributed by atoms with Gasteiger partial charge in [-0.3, -0.25) is 4.79 Å². The fraction of sp³-hybridized carbons (Fsp3) is 0.900. The third-order valence-corrected chi connectivity index (χ3v) is 2.64. The van der Waals surface area contributed by atoms with Crippen LogP contribution in [0.25, 0.3) is 0 Å². The molecule has 1 saturated heterocycles. The molecule has 1 amide bonds. The molecule has 1 unspecified atom stereocenters. The summed E-state index contributed by atoms with van der Waals surface area (Å²) >= 11 is 0. The molecule has 0 aromatic carbocycles. The van der Waals surface area contributed by atoms with Gasteiger partial charge in [0.05, 0.1) is 6.10 Å². The lowest BCUT2D eigenvalue weighted by Crippen LogP contribution is -2.46. The molecule has 1 aliphatic heterocycles. The van der Waals surface area contributed by atoms with Crippen molar-refractivity contribution in [3.8, 4) is 0 Å². The minimum Gasteiger partial charge on any atom is -0.382 e. The highest BCUT2D eigenvalue weighted by Crippen LogP contribution is 2.04. The van der Waals surface area contributed by atoms with Crippen LogP contribution in [-0.4, -0.2) is 50.2 Å². The summed E-state index contributed by atoms with van der Waals surface area (Å²) in [6.07, 6.45) is 1.61. The van der Waals surface area contributed by atoms with Crippen LogP contribution in [0.2, 0.25) is 0 Å². The number of nitrogens with one attached hydrogen (secondary N) is 1. The van der Waals surface area contributed by atoms with E-state index in [0.717, 1.165) is 32.6 Å². The number of rotatable bonds is 4. The monoisotopic (exact) mass is 200 g/mol. The van der Waals surface area contributed by atoms with Crippen LogP contribution in [0.3, 0.4) is 0 Å². The van der Waals surface area contributed by atoms with E-state index in [9.17, 15) is 4.79 Å². The van der Waals surface area contributed by atoms with Crippen molar-refractivity contribution in [3.05, 3.63) is 0 Å². The average Bonchev–Trinajstić information content (AvgIpc) is 2.26. The maximum absolute atomic E-state index is 11.7. The minimum atomic E-state index is 0.182. The van der Waals surface area contributed by atoms with Gasteiger partial charge in [-0.2, -0.15) is 0 Å². The van der Waals surface area contributed by atoms with E-state index >= 15 is 0 Å². The Labute approximate surface area is 85.6 Å². The predicted octanol–water partition coefficient (Wildman–Crippen LogP) is 0.233. The van der Waals surface area contributed by atoms with Gasteiger partial charge in [-0.05, 0) is 13.3 Å². The molecule has 1 aliphatic rings. The third-order valence-electron chi connectivity index (χ3n) is 2.64. The molecule has 0 saturated carbocycles. The highest BCUT2D eigenvalue weighted by Gasteiger charge is 2.16. The molecular weight excluding hydrogens is 180 g/mol. The van der Waals surface area contributed by atoms with Gasteiger partial charge in [0.1, 0.15) is 0 Å². The smallest absolute Gasteiger partial charge is 0.222 e. The molecule has 4 heteroatoms. The molecule has 0 spiro atoms. The van der Waals surface area contributed by atoms with Gasteiger partial charge in [-0.1, -0.05) is 0 Å². The molecule has 1 fully saturated rings. The first-order valence-corrected chi connectivity index (χ1v) is 5.25. The lowest BCUT2D eigenvalue weighted by atomic mass is 10.2. The lowest BCUT2D eigenvalue weighted by Gasteiger charge is -2.27. The van der Waals surface area contributed by atoms with Crippen molar-refractivity contribution in [1.82, 2.24) is 10.2 Å². The molecular formula is C10H20N2O2. The average molecular weight is 200 g/mol.